The first kappa shape index (κ1) is 13.6. The van der Waals surface area contributed by atoms with Gasteiger partial charge in [0.25, 0.3) is 0 Å². The monoisotopic (exact) mass is 281 g/mol. The Labute approximate surface area is 123 Å². The second kappa shape index (κ2) is 5.92. The van der Waals surface area contributed by atoms with E-state index in [1.807, 2.05) is 30.3 Å². The van der Waals surface area contributed by atoms with Crippen LogP contribution in [0.2, 0.25) is 0 Å². The number of halogens is 1. The second-order valence-electron chi connectivity index (χ2n) is 5.26. The van der Waals surface area contributed by atoms with Gasteiger partial charge in [-0.15, -0.1) is 0 Å². The van der Waals surface area contributed by atoms with E-state index in [-0.39, 0.29) is 17.5 Å². The fourth-order valence-electron chi connectivity index (χ4n) is 2.68. The Kier molecular flexibility index (Phi) is 3.82. The van der Waals surface area contributed by atoms with Crippen molar-refractivity contribution >= 4 is 11.5 Å². The van der Waals surface area contributed by atoms with Crippen molar-refractivity contribution in [1.29, 1.82) is 0 Å². The van der Waals surface area contributed by atoms with E-state index >= 15 is 0 Å². The zero-order chi connectivity index (χ0) is 14.7. The number of carbonyl (C=O) groups excluding carboxylic acids is 1. The Bertz CT molecular complexity index is 679. The lowest BCUT2D eigenvalue weighted by atomic mass is 9.85. The smallest absolute Gasteiger partial charge is 0.158 e. The minimum atomic E-state index is -0.312. The number of benzene rings is 2. The maximum absolute atomic E-state index is 13.7. The molecule has 0 bridgehead atoms. The molecule has 2 nitrogen and oxygen atoms in total. The van der Waals surface area contributed by atoms with Gasteiger partial charge in [-0.3, -0.25) is 4.79 Å². The summed E-state index contributed by atoms with van der Waals surface area (Å²) >= 11 is 0. The zero-order valence-corrected chi connectivity index (χ0v) is 11.6. The van der Waals surface area contributed by atoms with E-state index in [1.165, 1.54) is 6.07 Å². The molecule has 0 heterocycles. The topological polar surface area (TPSA) is 29.1 Å². The van der Waals surface area contributed by atoms with Crippen LogP contribution >= 0.6 is 0 Å². The molecule has 1 aliphatic rings. The van der Waals surface area contributed by atoms with Gasteiger partial charge in [-0.25, -0.2) is 4.39 Å². The lowest BCUT2D eigenvalue weighted by Gasteiger charge is -2.23. The molecule has 1 N–H and O–H groups in total. The van der Waals surface area contributed by atoms with Crippen LogP contribution in [-0.2, 0) is 4.79 Å². The number of allylic oxidation sites excluding steroid dienone is 2. The highest BCUT2D eigenvalue weighted by Gasteiger charge is 2.22. The largest absolute Gasteiger partial charge is 0.356 e. The van der Waals surface area contributed by atoms with Crippen LogP contribution in [0.4, 0.5) is 10.1 Å². The molecular weight excluding hydrogens is 265 g/mol. The highest BCUT2D eigenvalue weighted by molar-refractivity contribution is 5.92. The Morgan fingerprint density at radius 3 is 2.43 bits per heavy atom. The Hall–Kier alpha value is -2.42. The number of carbonyl (C=O) groups is 1. The van der Waals surface area contributed by atoms with E-state index < -0.39 is 0 Å². The predicted molar refractivity (Wildman–Crippen MR) is 81.5 cm³/mol. The molecule has 2 aromatic rings. The molecule has 1 aliphatic carbocycles. The van der Waals surface area contributed by atoms with Crippen molar-refractivity contribution in [3.63, 3.8) is 0 Å². The van der Waals surface area contributed by atoms with Crippen molar-refractivity contribution in [2.24, 2.45) is 0 Å². The van der Waals surface area contributed by atoms with Crippen molar-refractivity contribution in [3.05, 3.63) is 77.8 Å². The maximum atomic E-state index is 13.7. The van der Waals surface area contributed by atoms with Gasteiger partial charge in [0.15, 0.2) is 5.78 Å². The van der Waals surface area contributed by atoms with Gasteiger partial charge in [-0.1, -0.05) is 42.5 Å². The second-order valence-corrected chi connectivity index (χ2v) is 5.26. The number of hydrogen-bond acceptors (Lipinski definition) is 2. The summed E-state index contributed by atoms with van der Waals surface area (Å²) in [6.45, 7) is 0. The molecule has 0 saturated carbocycles. The Balaban J connectivity index is 1.80. The van der Waals surface area contributed by atoms with E-state index in [1.54, 1.807) is 24.3 Å². The first-order valence-corrected chi connectivity index (χ1v) is 7.02. The summed E-state index contributed by atoms with van der Waals surface area (Å²) in [6, 6.07) is 16.5. The van der Waals surface area contributed by atoms with Gasteiger partial charge >= 0.3 is 0 Å². The fourth-order valence-corrected chi connectivity index (χ4v) is 2.68. The summed E-state index contributed by atoms with van der Waals surface area (Å²) in [5, 5.41) is 3.04. The molecule has 1 atom stereocenters. The van der Waals surface area contributed by atoms with Crippen molar-refractivity contribution in [1.82, 2.24) is 0 Å². The standard InChI is InChI=1S/C18H16FNO/c19-17-8-4-5-9-18(17)20-15-10-14(11-16(21)12-15)13-6-2-1-3-7-13/h1-9,12,14,20H,10-11H2/t14-/m1/s1. The highest BCUT2D eigenvalue weighted by Crippen LogP contribution is 2.32. The van der Waals surface area contributed by atoms with Crippen LogP contribution < -0.4 is 5.32 Å². The Morgan fingerprint density at radius 1 is 0.952 bits per heavy atom. The zero-order valence-electron chi connectivity index (χ0n) is 11.6. The molecule has 0 amide bonds. The number of para-hydroxylation sites is 1. The molecular formula is C18H16FNO. The molecule has 0 fully saturated rings. The third-order valence-electron chi connectivity index (χ3n) is 3.69. The quantitative estimate of drug-likeness (QED) is 0.910. The number of hydrogen-bond donors (Lipinski definition) is 1. The molecule has 21 heavy (non-hydrogen) atoms. The van der Waals surface area contributed by atoms with Gasteiger partial charge in [-0.05, 0) is 30.0 Å². The van der Waals surface area contributed by atoms with Crippen molar-refractivity contribution < 1.29 is 9.18 Å². The van der Waals surface area contributed by atoms with Gasteiger partial charge in [0.1, 0.15) is 5.82 Å². The first-order chi connectivity index (χ1) is 10.2. The molecule has 0 unspecified atom stereocenters. The average molecular weight is 281 g/mol. The summed E-state index contributed by atoms with van der Waals surface area (Å²) in [5.74, 6) is -0.0837. The van der Waals surface area contributed by atoms with Crippen molar-refractivity contribution in [2.75, 3.05) is 5.32 Å². The SMILES string of the molecule is O=C1C=C(Nc2ccccc2F)C[C@@H](c2ccccc2)C1. The Morgan fingerprint density at radius 2 is 1.67 bits per heavy atom. The van der Waals surface area contributed by atoms with E-state index in [2.05, 4.69) is 5.32 Å². The molecule has 3 rings (SSSR count). The molecule has 0 aliphatic heterocycles. The lowest BCUT2D eigenvalue weighted by Crippen LogP contribution is -2.17. The average Bonchev–Trinajstić information content (AvgIpc) is 2.50. The summed E-state index contributed by atoms with van der Waals surface area (Å²) < 4.78 is 13.7. The van der Waals surface area contributed by atoms with Crippen LogP contribution in [0, 0.1) is 5.82 Å². The van der Waals surface area contributed by atoms with Gasteiger partial charge in [0.2, 0.25) is 0 Å². The molecule has 0 radical (unpaired) electrons. The van der Waals surface area contributed by atoms with Crippen molar-refractivity contribution in [3.8, 4) is 0 Å². The summed E-state index contributed by atoms with van der Waals surface area (Å²) in [6.07, 6.45) is 2.81. The summed E-state index contributed by atoms with van der Waals surface area (Å²) in [5.41, 5.74) is 2.32. The number of rotatable bonds is 3. The molecule has 0 saturated heterocycles. The predicted octanol–water partition coefficient (Wildman–Crippen LogP) is 4.27. The van der Waals surface area contributed by atoms with Crippen LogP contribution in [0.15, 0.2) is 66.4 Å². The van der Waals surface area contributed by atoms with E-state index in [4.69, 9.17) is 0 Å². The molecule has 106 valence electrons. The minimum absolute atomic E-state index is 0.0777. The third kappa shape index (κ3) is 3.19. The molecule has 0 spiro atoms. The third-order valence-corrected chi connectivity index (χ3v) is 3.69. The maximum Gasteiger partial charge on any atom is 0.158 e. The number of ketones is 1. The van der Waals surface area contributed by atoms with Crippen LogP contribution in [-0.4, -0.2) is 5.78 Å². The van der Waals surface area contributed by atoms with Gasteiger partial charge in [0.05, 0.1) is 5.69 Å². The van der Waals surface area contributed by atoms with E-state index in [9.17, 15) is 9.18 Å². The molecule has 2 aromatic carbocycles. The van der Waals surface area contributed by atoms with Crippen LogP contribution in [0.1, 0.15) is 24.3 Å². The van der Waals surface area contributed by atoms with Crippen LogP contribution in [0.3, 0.4) is 0 Å². The van der Waals surface area contributed by atoms with E-state index in [0.717, 1.165) is 11.3 Å². The van der Waals surface area contributed by atoms with E-state index in [0.29, 0.717) is 18.5 Å². The first-order valence-electron chi connectivity index (χ1n) is 7.02. The summed E-state index contributed by atoms with van der Waals surface area (Å²) in [7, 11) is 0. The van der Waals surface area contributed by atoms with Gasteiger partial charge < -0.3 is 5.32 Å². The molecule has 0 aromatic heterocycles. The normalized spacial score (nSPS) is 18.2. The van der Waals surface area contributed by atoms with Crippen molar-refractivity contribution in [2.45, 2.75) is 18.8 Å². The minimum Gasteiger partial charge on any atom is -0.356 e. The molecule has 3 heteroatoms. The summed E-state index contributed by atoms with van der Waals surface area (Å²) in [4.78, 5) is 11.9. The van der Waals surface area contributed by atoms with Crippen LogP contribution in [0.25, 0.3) is 0 Å². The number of anilines is 1. The van der Waals surface area contributed by atoms with Gasteiger partial charge in [-0.2, -0.15) is 0 Å². The highest BCUT2D eigenvalue weighted by atomic mass is 19.1. The number of nitrogens with one attached hydrogen (secondary N) is 1. The van der Waals surface area contributed by atoms with Crippen LogP contribution in [0.5, 0.6) is 0 Å². The van der Waals surface area contributed by atoms with Gasteiger partial charge in [0, 0.05) is 18.2 Å². The lowest BCUT2D eigenvalue weighted by molar-refractivity contribution is -0.115. The fraction of sp³-hybridized carbons (Fsp3) is 0.167.